The summed E-state index contributed by atoms with van der Waals surface area (Å²) in [7, 11) is -0.270. The van der Waals surface area contributed by atoms with Crippen LogP contribution >= 0.6 is 0 Å². The first-order chi connectivity index (χ1) is 15.0. The summed E-state index contributed by atoms with van der Waals surface area (Å²) in [5.41, 5.74) is 4.82. The number of hydrogen-bond acceptors (Lipinski definition) is 3. The normalized spacial score (nSPS) is 12.5. The van der Waals surface area contributed by atoms with Crippen molar-refractivity contribution in [2.45, 2.75) is 65.3 Å². The Morgan fingerprint density at radius 1 is 0.969 bits per heavy atom. The van der Waals surface area contributed by atoms with Gasteiger partial charge in [-0.1, -0.05) is 75.4 Å². The summed E-state index contributed by atoms with van der Waals surface area (Å²) < 4.78 is 17.6. The summed E-state index contributed by atoms with van der Waals surface area (Å²) in [5.74, 6) is 1.66. The fourth-order valence-electron chi connectivity index (χ4n) is 2.97. The highest BCUT2D eigenvalue weighted by Crippen LogP contribution is 2.38. The summed E-state index contributed by atoms with van der Waals surface area (Å²) in [6, 6.07) is 16.7. The number of aryl methyl sites for hydroxylation is 1. The third-order valence-electron chi connectivity index (χ3n) is 6.14. The minimum atomic E-state index is -1.95. The van der Waals surface area contributed by atoms with E-state index in [2.05, 4.69) is 77.7 Å². The predicted molar refractivity (Wildman–Crippen MR) is 138 cm³/mol. The van der Waals surface area contributed by atoms with Crippen LogP contribution in [-0.2, 0) is 22.2 Å². The Balaban J connectivity index is 2.02. The van der Waals surface area contributed by atoms with E-state index in [-0.39, 0.29) is 5.04 Å². The van der Waals surface area contributed by atoms with Crippen LogP contribution in [0, 0.1) is 6.92 Å². The second kappa shape index (κ2) is 11.5. The van der Waals surface area contributed by atoms with E-state index in [0.29, 0.717) is 13.2 Å². The molecule has 0 N–H and O–H groups in total. The molecule has 0 unspecified atom stereocenters. The smallest absolute Gasteiger partial charge is 0.250 e. The minimum absolute atomic E-state index is 0.131. The summed E-state index contributed by atoms with van der Waals surface area (Å²) in [4.78, 5) is 0. The van der Waals surface area contributed by atoms with Crippen LogP contribution in [0.25, 0.3) is 0 Å². The molecule has 0 heterocycles. The molecule has 2 aromatic rings. The maximum absolute atomic E-state index is 6.53. The molecule has 0 aromatic heterocycles. The first kappa shape index (κ1) is 26.0. The van der Waals surface area contributed by atoms with E-state index in [1.54, 1.807) is 7.11 Å². The monoisotopic (exact) mass is 452 g/mol. The number of methoxy groups -OCH3 is 1. The molecule has 0 bridgehead atoms. The van der Waals surface area contributed by atoms with Gasteiger partial charge in [0.2, 0.25) is 8.32 Å². The van der Waals surface area contributed by atoms with E-state index in [1.807, 2.05) is 24.3 Å². The van der Waals surface area contributed by atoms with Gasteiger partial charge in [0, 0.05) is 6.42 Å². The highest BCUT2D eigenvalue weighted by Gasteiger charge is 2.39. The molecule has 2 aromatic carbocycles. The lowest BCUT2D eigenvalue weighted by Gasteiger charge is -2.37. The van der Waals surface area contributed by atoms with Crippen LogP contribution in [0.4, 0.5) is 0 Å². The molecule has 0 aliphatic carbocycles. The van der Waals surface area contributed by atoms with Crippen LogP contribution in [0.5, 0.6) is 5.75 Å². The minimum Gasteiger partial charge on any atom is -0.544 e. The molecule has 0 saturated heterocycles. The Morgan fingerprint density at radius 3 is 2.12 bits per heavy atom. The van der Waals surface area contributed by atoms with Crippen LogP contribution in [-0.4, -0.2) is 22.0 Å². The average Bonchev–Trinajstić information content (AvgIpc) is 2.73. The largest absolute Gasteiger partial charge is 0.544 e. The molecule has 0 spiro atoms. The van der Waals surface area contributed by atoms with Crippen molar-refractivity contribution in [2.75, 3.05) is 13.7 Å². The van der Waals surface area contributed by atoms with E-state index in [9.17, 15) is 0 Å². The predicted octanol–water partition coefficient (Wildman–Crippen LogP) is 7.61. The van der Waals surface area contributed by atoms with Gasteiger partial charge in [0.1, 0.15) is 5.75 Å². The Labute approximate surface area is 196 Å². The second-order valence-electron chi connectivity index (χ2n) is 9.87. The molecule has 0 radical (unpaired) electrons. The maximum atomic E-state index is 6.53. The van der Waals surface area contributed by atoms with Gasteiger partial charge in [0.05, 0.1) is 26.1 Å². The first-order valence-electron chi connectivity index (χ1n) is 11.4. The van der Waals surface area contributed by atoms with E-state index < -0.39 is 8.32 Å². The van der Waals surface area contributed by atoms with Crippen molar-refractivity contribution in [2.24, 2.45) is 0 Å². The van der Waals surface area contributed by atoms with Crippen molar-refractivity contribution < 1.29 is 13.9 Å². The topological polar surface area (TPSA) is 27.7 Å². The second-order valence-corrected chi connectivity index (χ2v) is 14.6. The zero-order chi connectivity index (χ0) is 23.8. The zero-order valence-corrected chi connectivity index (χ0v) is 22.0. The molecule has 0 aliphatic heterocycles. The molecule has 3 nitrogen and oxygen atoms in total. The van der Waals surface area contributed by atoms with Crippen LogP contribution in [0.2, 0.25) is 18.1 Å². The van der Waals surface area contributed by atoms with Gasteiger partial charge in [-0.3, -0.25) is 0 Å². The van der Waals surface area contributed by atoms with Crippen LogP contribution in [0.3, 0.4) is 0 Å². The van der Waals surface area contributed by atoms with Gasteiger partial charge in [-0.2, -0.15) is 0 Å². The highest BCUT2D eigenvalue weighted by atomic mass is 28.4. The summed E-state index contributed by atoms with van der Waals surface area (Å²) >= 11 is 0. The third kappa shape index (κ3) is 7.99. The summed E-state index contributed by atoms with van der Waals surface area (Å²) in [6.45, 7) is 19.0. The standard InChI is InChI=1S/C28H40O3Si/c1-22-11-13-24(14-12-22)20-26(23(2)31-32(7,8)28(3,4)5)10-9-19-30-21-25-15-17-27(29-6)18-16-25/h10-18H,2,9,19-21H2,1,3-8H3/b26-10+. The lowest BCUT2D eigenvalue weighted by molar-refractivity contribution is 0.125. The van der Waals surface area contributed by atoms with Crippen LogP contribution in [0.15, 0.2) is 72.5 Å². The van der Waals surface area contributed by atoms with E-state index in [4.69, 9.17) is 13.9 Å². The number of allylic oxidation sites excluding steroid dienone is 1. The van der Waals surface area contributed by atoms with Gasteiger partial charge in [-0.25, -0.2) is 0 Å². The number of benzene rings is 2. The van der Waals surface area contributed by atoms with Crippen molar-refractivity contribution in [3.63, 3.8) is 0 Å². The van der Waals surface area contributed by atoms with Crippen molar-refractivity contribution in [1.82, 2.24) is 0 Å². The highest BCUT2D eigenvalue weighted by molar-refractivity contribution is 6.74. The Hall–Kier alpha value is -2.30. The maximum Gasteiger partial charge on any atom is 0.250 e. The van der Waals surface area contributed by atoms with Crippen LogP contribution in [0.1, 0.15) is 43.9 Å². The summed E-state index contributed by atoms with van der Waals surface area (Å²) in [5, 5.41) is 0.131. The molecule has 0 atom stereocenters. The first-order valence-corrected chi connectivity index (χ1v) is 14.3. The van der Waals surface area contributed by atoms with Gasteiger partial charge < -0.3 is 13.9 Å². The van der Waals surface area contributed by atoms with E-state index in [0.717, 1.165) is 35.5 Å². The number of hydrogen-bond donors (Lipinski definition) is 0. The van der Waals surface area contributed by atoms with Crippen molar-refractivity contribution in [3.8, 4) is 5.75 Å². The van der Waals surface area contributed by atoms with E-state index >= 15 is 0 Å². The molecule has 0 fully saturated rings. The lowest BCUT2D eigenvalue weighted by Crippen LogP contribution is -2.40. The molecule has 0 amide bonds. The molecule has 0 aliphatic rings. The summed E-state index contributed by atoms with van der Waals surface area (Å²) in [6.07, 6.45) is 3.85. The Morgan fingerprint density at radius 2 is 1.56 bits per heavy atom. The average molecular weight is 453 g/mol. The SMILES string of the molecule is C=C(O[Si](C)(C)C(C)(C)C)/C(=C/CCOCc1ccc(OC)cc1)Cc1ccc(C)cc1. The molecule has 4 heteroatoms. The lowest BCUT2D eigenvalue weighted by atomic mass is 10.0. The van der Waals surface area contributed by atoms with Crippen molar-refractivity contribution in [1.29, 1.82) is 0 Å². The number of ether oxygens (including phenoxy) is 2. The van der Waals surface area contributed by atoms with Crippen molar-refractivity contribution in [3.05, 3.63) is 89.2 Å². The quantitative estimate of drug-likeness (QED) is 0.152. The Kier molecular flexibility index (Phi) is 9.35. The molecular formula is C28H40O3Si. The molecule has 174 valence electrons. The van der Waals surface area contributed by atoms with Gasteiger partial charge in [-0.05, 0) is 60.3 Å². The van der Waals surface area contributed by atoms with Crippen LogP contribution < -0.4 is 4.74 Å². The van der Waals surface area contributed by atoms with Gasteiger partial charge in [-0.15, -0.1) is 0 Å². The molecular weight excluding hydrogens is 412 g/mol. The van der Waals surface area contributed by atoms with Gasteiger partial charge in [0.15, 0.2) is 0 Å². The third-order valence-corrected chi connectivity index (χ3v) is 10.5. The molecule has 0 saturated carbocycles. The Bertz CT molecular complexity index is 888. The van der Waals surface area contributed by atoms with Gasteiger partial charge >= 0.3 is 0 Å². The van der Waals surface area contributed by atoms with E-state index in [1.165, 1.54) is 11.1 Å². The molecule has 2 rings (SSSR count). The molecule has 32 heavy (non-hydrogen) atoms. The fraction of sp³-hybridized carbons (Fsp3) is 0.429. The van der Waals surface area contributed by atoms with Crippen molar-refractivity contribution >= 4 is 8.32 Å². The number of rotatable bonds is 11. The van der Waals surface area contributed by atoms with Gasteiger partial charge in [0.25, 0.3) is 0 Å². The zero-order valence-electron chi connectivity index (χ0n) is 21.0. The fourth-order valence-corrected chi connectivity index (χ4v) is 4.02.